The van der Waals surface area contributed by atoms with Crippen molar-refractivity contribution in [3.8, 4) is 0 Å². The second-order valence-corrected chi connectivity index (χ2v) is 8.69. The highest BCUT2D eigenvalue weighted by Gasteiger charge is 2.35. The van der Waals surface area contributed by atoms with Crippen LogP contribution in [0.25, 0.3) is 0 Å². The van der Waals surface area contributed by atoms with Crippen molar-refractivity contribution in [1.82, 2.24) is 16.0 Å². The van der Waals surface area contributed by atoms with Crippen molar-refractivity contribution in [2.75, 3.05) is 13.7 Å². The molecule has 1 aliphatic rings. The van der Waals surface area contributed by atoms with Gasteiger partial charge < -0.3 is 31.5 Å². The molecule has 31 heavy (non-hydrogen) atoms. The molecule has 3 amide bonds. The minimum Gasteiger partial charge on any atom is -0.480 e. The molecule has 0 heterocycles. The lowest BCUT2D eigenvalue weighted by Crippen LogP contribution is -2.59. The summed E-state index contributed by atoms with van der Waals surface area (Å²) in [4.78, 5) is 48.8. The summed E-state index contributed by atoms with van der Waals surface area (Å²) in [6, 6.07) is -2.70. The summed E-state index contributed by atoms with van der Waals surface area (Å²) < 4.78 is 4.72. The largest absolute Gasteiger partial charge is 0.480 e. The standard InChI is InChI=1S/C21H38N4O6/c1-21(2,19(29)31-3)25-17(26)16(13-14-9-5-4-6-10-14)24-20(30)23-15(18(27)28)11-7-8-12-22/h14-16H,4-13,22H2,1-3H3,(H,25,26)(H,27,28)(H2,23,24,30)/t15-,16+/m0/s1. The van der Waals surface area contributed by atoms with Crippen molar-refractivity contribution in [2.24, 2.45) is 11.7 Å². The van der Waals surface area contributed by atoms with Crippen LogP contribution >= 0.6 is 0 Å². The predicted molar refractivity (Wildman–Crippen MR) is 115 cm³/mol. The number of nitrogens with two attached hydrogens (primary N) is 1. The summed E-state index contributed by atoms with van der Waals surface area (Å²) in [5.74, 6) is -1.99. The number of ether oxygens (including phenoxy) is 1. The average Bonchev–Trinajstić information content (AvgIpc) is 2.72. The predicted octanol–water partition coefficient (Wildman–Crippen LogP) is 1.27. The van der Waals surface area contributed by atoms with Gasteiger partial charge in [0, 0.05) is 0 Å². The molecule has 10 nitrogen and oxygen atoms in total. The highest BCUT2D eigenvalue weighted by Crippen LogP contribution is 2.27. The molecule has 0 bridgehead atoms. The smallest absolute Gasteiger partial charge is 0.330 e. The van der Waals surface area contributed by atoms with Crippen LogP contribution in [0.5, 0.6) is 0 Å². The van der Waals surface area contributed by atoms with Gasteiger partial charge in [-0.25, -0.2) is 14.4 Å². The first-order chi connectivity index (χ1) is 14.6. The Morgan fingerprint density at radius 2 is 1.68 bits per heavy atom. The molecular weight excluding hydrogens is 404 g/mol. The number of nitrogens with one attached hydrogen (secondary N) is 3. The maximum absolute atomic E-state index is 12.9. The van der Waals surface area contributed by atoms with E-state index in [-0.39, 0.29) is 12.3 Å². The van der Waals surface area contributed by atoms with Gasteiger partial charge in [-0.3, -0.25) is 4.79 Å². The van der Waals surface area contributed by atoms with Gasteiger partial charge >= 0.3 is 18.0 Å². The highest BCUT2D eigenvalue weighted by molar-refractivity contribution is 5.92. The summed E-state index contributed by atoms with van der Waals surface area (Å²) in [7, 11) is 1.23. The quantitative estimate of drug-likeness (QED) is 0.225. The Bertz CT molecular complexity index is 619. The zero-order chi connectivity index (χ0) is 23.4. The lowest BCUT2D eigenvalue weighted by atomic mass is 9.84. The van der Waals surface area contributed by atoms with Crippen LogP contribution in [0.3, 0.4) is 0 Å². The van der Waals surface area contributed by atoms with Gasteiger partial charge in [0.25, 0.3) is 0 Å². The van der Waals surface area contributed by atoms with E-state index in [4.69, 9.17) is 10.5 Å². The molecule has 178 valence electrons. The molecule has 0 aromatic carbocycles. The number of carboxylic acid groups (broad SMARTS) is 1. The molecule has 1 aliphatic carbocycles. The van der Waals surface area contributed by atoms with Crippen molar-refractivity contribution >= 4 is 23.9 Å². The highest BCUT2D eigenvalue weighted by atomic mass is 16.5. The van der Waals surface area contributed by atoms with Crippen molar-refractivity contribution in [2.45, 2.75) is 89.3 Å². The Balaban J connectivity index is 2.84. The van der Waals surface area contributed by atoms with Gasteiger partial charge in [0.2, 0.25) is 5.91 Å². The van der Waals surface area contributed by atoms with E-state index in [9.17, 15) is 24.3 Å². The number of carboxylic acids is 1. The normalized spacial score (nSPS) is 16.6. The summed E-state index contributed by atoms with van der Waals surface area (Å²) in [5, 5.41) is 17.0. The molecule has 0 spiro atoms. The Labute approximate surface area is 184 Å². The number of urea groups is 1. The molecule has 2 atom stereocenters. The van der Waals surface area contributed by atoms with Gasteiger partial charge in [-0.05, 0) is 52.0 Å². The Kier molecular flexibility index (Phi) is 11.3. The van der Waals surface area contributed by atoms with Crippen LogP contribution in [0.15, 0.2) is 0 Å². The molecule has 1 saturated carbocycles. The van der Waals surface area contributed by atoms with Crippen LogP contribution in [0.4, 0.5) is 4.79 Å². The van der Waals surface area contributed by atoms with E-state index in [1.807, 2.05) is 0 Å². The van der Waals surface area contributed by atoms with Gasteiger partial charge in [0.15, 0.2) is 0 Å². The van der Waals surface area contributed by atoms with Crippen molar-refractivity contribution < 1.29 is 29.0 Å². The molecule has 0 aromatic rings. The van der Waals surface area contributed by atoms with Gasteiger partial charge in [-0.15, -0.1) is 0 Å². The van der Waals surface area contributed by atoms with Crippen LogP contribution < -0.4 is 21.7 Å². The first-order valence-corrected chi connectivity index (χ1v) is 11.0. The number of rotatable bonds is 12. The fourth-order valence-electron chi connectivity index (χ4n) is 3.80. The maximum Gasteiger partial charge on any atom is 0.330 e. The topological polar surface area (TPSA) is 160 Å². The van der Waals surface area contributed by atoms with E-state index in [2.05, 4.69) is 16.0 Å². The van der Waals surface area contributed by atoms with Crippen LogP contribution in [0, 0.1) is 5.92 Å². The van der Waals surface area contributed by atoms with E-state index < -0.39 is 41.5 Å². The molecule has 1 fully saturated rings. The first kappa shape index (κ1) is 26.7. The number of methoxy groups -OCH3 is 1. The van der Waals surface area contributed by atoms with E-state index in [0.29, 0.717) is 25.8 Å². The molecule has 1 rings (SSSR count). The zero-order valence-corrected chi connectivity index (χ0v) is 18.9. The Hall–Kier alpha value is -2.36. The minimum absolute atomic E-state index is 0.245. The fourth-order valence-corrected chi connectivity index (χ4v) is 3.80. The first-order valence-electron chi connectivity index (χ1n) is 11.0. The Morgan fingerprint density at radius 3 is 2.23 bits per heavy atom. The second kappa shape index (κ2) is 13.1. The summed E-state index contributed by atoms with van der Waals surface area (Å²) >= 11 is 0. The van der Waals surface area contributed by atoms with Gasteiger partial charge in [0.1, 0.15) is 17.6 Å². The third kappa shape index (κ3) is 9.54. The van der Waals surface area contributed by atoms with E-state index in [0.717, 1.165) is 32.1 Å². The zero-order valence-electron chi connectivity index (χ0n) is 18.9. The fraction of sp³-hybridized carbons (Fsp3) is 0.810. The number of carbonyl (C=O) groups excluding carboxylic acids is 3. The van der Waals surface area contributed by atoms with E-state index in [1.54, 1.807) is 0 Å². The summed E-state index contributed by atoms with van der Waals surface area (Å²) in [6.45, 7) is 3.48. The molecule has 0 aliphatic heterocycles. The van der Waals surface area contributed by atoms with Crippen LogP contribution in [0.1, 0.15) is 71.6 Å². The van der Waals surface area contributed by atoms with Crippen molar-refractivity contribution in [3.63, 3.8) is 0 Å². The summed E-state index contributed by atoms with van der Waals surface area (Å²) in [5.41, 5.74) is 4.17. The van der Waals surface area contributed by atoms with E-state index in [1.165, 1.54) is 21.0 Å². The number of carbonyl (C=O) groups is 4. The number of hydrogen-bond acceptors (Lipinski definition) is 6. The van der Waals surface area contributed by atoms with Gasteiger partial charge in [-0.1, -0.05) is 32.1 Å². The third-order valence-corrected chi connectivity index (χ3v) is 5.60. The molecule has 10 heteroatoms. The van der Waals surface area contributed by atoms with Crippen LogP contribution in [-0.2, 0) is 19.1 Å². The third-order valence-electron chi connectivity index (χ3n) is 5.60. The second-order valence-electron chi connectivity index (χ2n) is 8.69. The van der Waals surface area contributed by atoms with Crippen molar-refractivity contribution in [1.29, 1.82) is 0 Å². The minimum atomic E-state index is -1.26. The van der Waals surface area contributed by atoms with Gasteiger partial charge in [-0.2, -0.15) is 0 Å². The summed E-state index contributed by atoms with van der Waals surface area (Å²) in [6.07, 6.45) is 7.10. The van der Waals surface area contributed by atoms with E-state index >= 15 is 0 Å². The maximum atomic E-state index is 12.9. The molecule has 0 aromatic heterocycles. The number of hydrogen-bond donors (Lipinski definition) is 5. The molecule has 0 unspecified atom stereocenters. The lowest BCUT2D eigenvalue weighted by molar-refractivity contribution is -0.149. The monoisotopic (exact) mass is 442 g/mol. The number of unbranched alkanes of at least 4 members (excludes halogenated alkanes) is 1. The molecule has 0 radical (unpaired) electrons. The number of esters is 1. The Morgan fingerprint density at radius 1 is 1.06 bits per heavy atom. The molecule has 0 saturated heterocycles. The number of aliphatic carboxylic acids is 1. The average molecular weight is 443 g/mol. The SMILES string of the molecule is COC(=O)C(C)(C)NC(=O)[C@@H](CC1CCCCC1)NC(=O)N[C@@H](CCCCN)C(=O)O. The van der Waals surface area contributed by atoms with Crippen LogP contribution in [-0.4, -0.2) is 60.3 Å². The lowest BCUT2D eigenvalue weighted by Gasteiger charge is -2.30. The molecule has 6 N–H and O–H groups in total. The van der Waals surface area contributed by atoms with Crippen LogP contribution in [0.2, 0.25) is 0 Å². The molecular formula is C21H38N4O6. The van der Waals surface area contributed by atoms with Gasteiger partial charge in [0.05, 0.1) is 7.11 Å². The number of amides is 3. The van der Waals surface area contributed by atoms with Crippen molar-refractivity contribution in [3.05, 3.63) is 0 Å².